The summed E-state index contributed by atoms with van der Waals surface area (Å²) in [6.45, 7) is 1.68. The minimum absolute atomic E-state index is 0.102. The van der Waals surface area contributed by atoms with Crippen molar-refractivity contribution in [2.45, 2.75) is 19.0 Å². The number of oxazole rings is 1. The molecule has 0 bridgehead atoms. The average Bonchev–Trinajstić information content (AvgIpc) is 2.93. The quantitative estimate of drug-likeness (QED) is 0.805. The summed E-state index contributed by atoms with van der Waals surface area (Å²) in [4.78, 5) is 38.1. The number of hydrogen-bond donors (Lipinski definition) is 2. The van der Waals surface area contributed by atoms with Gasteiger partial charge in [-0.2, -0.15) is 0 Å². The van der Waals surface area contributed by atoms with Crippen LogP contribution in [0.25, 0.3) is 11.1 Å². The van der Waals surface area contributed by atoms with Crippen LogP contribution in [-0.2, 0) is 16.1 Å². The molecule has 1 fully saturated rings. The molecule has 1 saturated heterocycles. The van der Waals surface area contributed by atoms with Crippen LogP contribution in [-0.4, -0.2) is 54.0 Å². The van der Waals surface area contributed by atoms with Crippen LogP contribution in [0.1, 0.15) is 6.42 Å². The molecule has 3 rings (SSSR count). The molecule has 0 radical (unpaired) electrons. The second-order valence-electron chi connectivity index (χ2n) is 5.80. The predicted octanol–water partition coefficient (Wildman–Crippen LogP) is 0.184. The van der Waals surface area contributed by atoms with E-state index in [1.54, 1.807) is 30.1 Å². The summed E-state index contributed by atoms with van der Waals surface area (Å²) >= 11 is 5.89. The monoisotopic (exact) mass is 366 g/mol. The summed E-state index contributed by atoms with van der Waals surface area (Å²) in [7, 11) is 1.54. The molecule has 0 saturated carbocycles. The van der Waals surface area contributed by atoms with Gasteiger partial charge < -0.3 is 20.0 Å². The van der Waals surface area contributed by atoms with Crippen LogP contribution in [0.5, 0.6) is 0 Å². The molecule has 2 aromatic rings. The smallest absolute Gasteiger partial charge is 0.408 e. The molecule has 0 unspecified atom stereocenters. The van der Waals surface area contributed by atoms with E-state index < -0.39 is 11.8 Å². The van der Waals surface area contributed by atoms with E-state index in [9.17, 15) is 14.4 Å². The zero-order chi connectivity index (χ0) is 18.0. The van der Waals surface area contributed by atoms with Gasteiger partial charge in [-0.1, -0.05) is 11.6 Å². The Morgan fingerprint density at radius 2 is 2.24 bits per heavy atom. The number of carbonyl (C=O) groups excluding carboxylic acids is 2. The highest BCUT2D eigenvalue weighted by Crippen LogP contribution is 2.18. The van der Waals surface area contributed by atoms with Crippen LogP contribution in [0, 0.1) is 0 Å². The van der Waals surface area contributed by atoms with Crippen LogP contribution in [0.15, 0.2) is 27.4 Å². The number of piperazine rings is 1. The van der Waals surface area contributed by atoms with Crippen molar-refractivity contribution in [1.29, 1.82) is 0 Å². The first-order valence-corrected chi connectivity index (χ1v) is 8.39. The number of rotatable bonds is 4. The third-order valence-corrected chi connectivity index (χ3v) is 4.53. The van der Waals surface area contributed by atoms with Crippen molar-refractivity contribution < 1.29 is 14.0 Å². The SMILES string of the molecule is CNC(=O)[C@@H]1CNCCN1C(=O)CCn1c(=O)oc2cc(Cl)ccc21. The highest BCUT2D eigenvalue weighted by molar-refractivity contribution is 6.31. The molecule has 1 atom stereocenters. The van der Waals surface area contributed by atoms with Crippen molar-refractivity contribution in [2.24, 2.45) is 0 Å². The molecule has 25 heavy (non-hydrogen) atoms. The Morgan fingerprint density at radius 3 is 3.00 bits per heavy atom. The minimum atomic E-state index is -0.539. The highest BCUT2D eigenvalue weighted by atomic mass is 35.5. The minimum Gasteiger partial charge on any atom is -0.408 e. The Labute approximate surface area is 148 Å². The van der Waals surface area contributed by atoms with Gasteiger partial charge in [-0.15, -0.1) is 0 Å². The Bertz CT molecular complexity index is 859. The molecule has 2 heterocycles. The summed E-state index contributed by atoms with van der Waals surface area (Å²) in [6, 6.07) is 4.37. The van der Waals surface area contributed by atoms with Gasteiger partial charge in [0.2, 0.25) is 11.8 Å². The second kappa shape index (κ2) is 7.28. The van der Waals surface area contributed by atoms with Crippen LogP contribution in [0.4, 0.5) is 0 Å². The normalized spacial score (nSPS) is 17.7. The van der Waals surface area contributed by atoms with E-state index in [1.807, 2.05) is 0 Å². The maximum Gasteiger partial charge on any atom is 0.419 e. The van der Waals surface area contributed by atoms with Gasteiger partial charge in [-0.05, 0) is 12.1 Å². The molecule has 2 N–H and O–H groups in total. The number of nitrogens with one attached hydrogen (secondary N) is 2. The Balaban J connectivity index is 1.75. The van der Waals surface area contributed by atoms with Crippen molar-refractivity contribution in [3.8, 4) is 0 Å². The van der Waals surface area contributed by atoms with Gasteiger partial charge in [0.05, 0.1) is 5.52 Å². The van der Waals surface area contributed by atoms with Crippen molar-refractivity contribution >= 4 is 34.5 Å². The first-order valence-electron chi connectivity index (χ1n) is 8.02. The first kappa shape index (κ1) is 17.5. The number of aromatic nitrogens is 1. The van der Waals surface area contributed by atoms with Crippen molar-refractivity contribution in [1.82, 2.24) is 20.1 Å². The second-order valence-corrected chi connectivity index (χ2v) is 6.24. The maximum atomic E-state index is 12.6. The Hall–Kier alpha value is -2.32. The number of hydrogen-bond acceptors (Lipinski definition) is 5. The number of carbonyl (C=O) groups is 2. The molecule has 8 nitrogen and oxygen atoms in total. The van der Waals surface area contributed by atoms with Gasteiger partial charge >= 0.3 is 5.76 Å². The van der Waals surface area contributed by atoms with Crippen molar-refractivity contribution in [3.05, 3.63) is 33.8 Å². The standard InChI is InChI=1S/C16H19ClN4O4/c1-18-15(23)12-9-19-5-7-20(12)14(22)4-6-21-11-3-2-10(17)8-13(11)25-16(21)24/h2-3,8,12,19H,4-7,9H2,1H3,(H,18,23)/t12-/m0/s1. The molecule has 0 aliphatic carbocycles. The fourth-order valence-electron chi connectivity index (χ4n) is 3.01. The van der Waals surface area contributed by atoms with Gasteiger partial charge in [0.25, 0.3) is 0 Å². The van der Waals surface area contributed by atoms with E-state index in [1.165, 1.54) is 4.57 Å². The van der Waals surface area contributed by atoms with Gasteiger partial charge in [0.1, 0.15) is 6.04 Å². The summed E-state index contributed by atoms with van der Waals surface area (Å²) in [6.07, 6.45) is 0.102. The lowest BCUT2D eigenvalue weighted by molar-refractivity contribution is -0.141. The summed E-state index contributed by atoms with van der Waals surface area (Å²) in [5.74, 6) is -0.917. The van der Waals surface area contributed by atoms with Crippen LogP contribution >= 0.6 is 11.6 Å². The molecule has 1 aromatic heterocycles. The van der Waals surface area contributed by atoms with E-state index in [4.69, 9.17) is 16.0 Å². The third kappa shape index (κ3) is 3.54. The van der Waals surface area contributed by atoms with E-state index in [2.05, 4.69) is 10.6 Å². The first-order chi connectivity index (χ1) is 12.0. The average molecular weight is 367 g/mol. The van der Waals surface area contributed by atoms with Gasteiger partial charge in [0.15, 0.2) is 5.58 Å². The topological polar surface area (TPSA) is 96.6 Å². The fourth-order valence-corrected chi connectivity index (χ4v) is 3.17. The number of halogens is 1. The number of amides is 2. The molecule has 1 aliphatic heterocycles. The predicted molar refractivity (Wildman–Crippen MR) is 92.5 cm³/mol. The highest BCUT2D eigenvalue weighted by Gasteiger charge is 2.31. The molecular formula is C16H19ClN4O4. The zero-order valence-corrected chi connectivity index (χ0v) is 14.5. The number of benzene rings is 1. The van der Waals surface area contributed by atoms with Crippen LogP contribution in [0.2, 0.25) is 5.02 Å². The summed E-state index contributed by atoms with van der Waals surface area (Å²) in [5.41, 5.74) is 0.973. The zero-order valence-electron chi connectivity index (χ0n) is 13.8. The Morgan fingerprint density at radius 1 is 1.44 bits per heavy atom. The van der Waals surface area contributed by atoms with E-state index in [-0.39, 0.29) is 24.8 Å². The number of aryl methyl sites for hydroxylation is 1. The molecule has 0 spiro atoms. The van der Waals surface area contributed by atoms with Crippen LogP contribution < -0.4 is 16.4 Å². The summed E-state index contributed by atoms with van der Waals surface area (Å²) < 4.78 is 6.56. The molecule has 134 valence electrons. The third-order valence-electron chi connectivity index (χ3n) is 4.29. The number of likely N-dealkylation sites (N-methyl/N-ethyl adjacent to an activating group) is 1. The number of nitrogens with zero attached hydrogens (tertiary/aromatic N) is 2. The van der Waals surface area contributed by atoms with Crippen LogP contribution in [0.3, 0.4) is 0 Å². The molecule has 1 aliphatic rings. The van der Waals surface area contributed by atoms with E-state index in [0.29, 0.717) is 35.8 Å². The van der Waals surface area contributed by atoms with Gasteiger partial charge in [0, 0.05) is 50.7 Å². The lowest BCUT2D eigenvalue weighted by atomic mass is 10.1. The van der Waals surface area contributed by atoms with Gasteiger partial charge in [-0.25, -0.2) is 4.79 Å². The van der Waals surface area contributed by atoms with E-state index >= 15 is 0 Å². The molecule has 9 heteroatoms. The molecule has 2 amide bonds. The van der Waals surface area contributed by atoms with Crippen molar-refractivity contribution in [3.63, 3.8) is 0 Å². The Kier molecular flexibility index (Phi) is 5.10. The molecular weight excluding hydrogens is 348 g/mol. The van der Waals surface area contributed by atoms with Crippen molar-refractivity contribution in [2.75, 3.05) is 26.7 Å². The van der Waals surface area contributed by atoms with Gasteiger partial charge in [-0.3, -0.25) is 14.2 Å². The lowest BCUT2D eigenvalue weighted by Crippen LogP contribution is -2.59. The van der Waals surface area contributed by atoms with E-state index in [0.717, 1.165) is 0 Å². The maximum absolute atomic E-state index is 12.6. The lowest BCUT2D eigenvalue weighted by Gasteiger charge is -2.35. The number of fused-ring (bicyclic) bond motifs is 1. The fraction of sp³-hybridized carbons (Fsp3) is 0.438. The largest absolute Gasteiger partial charge is 0.419 e. The summed E-state index contributed by atoms with van der Waals surface area (Å²) in [5, 5.41) is 6.15. The molecule has 1 aromatic carbocycles.